The van der Waals surface area contributed by atoms with Crippen LogP contribution in [0, 0.1) is 6.92 Å². The van der Waals surface area contributed by atoms with E-state index in [0.717, 1.165) is 15.7 Å². The second-order valence-electron chi connectivity index (χ2n) is 3.41. The number of aromatic nitrogens is 1. The average Bonchev–Trinajstić information content (AvgIpc) is 2.23. The smallest absolute Gasteiger partial charge is 0.0717 e. The van der Waals surface area contributed by atoms with Crippen molar-refractivity contribution in [2.45, 2.75) is 6.92 Å². The highest BCUT2D eigenvalue weighted by Gasteiger charge is 2.04. The van der Waals surface area contributed by atoms with Crippen LogP contribution >= 0.6 is 15.9 Å². The van der Waals surface area contributed by atoms with Gasteiger partial charge in [-0.15, -0.1) is 0 Å². The number of nitrogen functional groups attached to an aromatic ring is 1. The Kier molecular flexibility index (Phi) is 2.73. The Morgan fingerprint density at radius 3 is 2.67 bits per heavy atom. The van der Waals surface area contributed by atoms with Crippen LogP contribution in [0.15, 0.2) is 41.0 Å². The minimum Gasteiger partial charge on any atom is -0.397 e. The van der Waals surface area contributed by atoms with E-state index in [2.05, 4.69) is 40.0 Å². The second kappa shape index (κ2) is 4.03. The topological polar surface area (TPSA) is 38.9 Å². The molecular formula is C12H11BrN2. The van der Waals surface area contributed by atoms with Gasteiger partial charge in [0.05, 0.1) is 17.6 Å². The van der Waals surface area contributed by atoms with E-state index in [0.29, 0.717) is 5.69 Å². The van der Waals surface area contributed by atoms with E-state index in [1.807, 2.05) is 18.2 Å². The van der Waals surface area contributed by atoms with Crippen molar-refractivity contribution in [3.63, 3.8) is 0 Å². The third-order valence-electron chi connectivity index (χ3n) is 2.30. The molecule has 0 amide bonds. The van der Waals surface area contributed by atoms with Gasteiger partial charge in [-0.25, -0.2) is 0 Å². The first kappa shape index (κ1) is 10.2. The molecule has 0 saturated heterocycles. The van der Waals surface area contributed by atoms with E-state index in [-0.39, 0.29) is 0 Å². The zero-order chi connectivity index (χ0) is 10.8. The summed E-state index contributed by atoms with van der Waals surface area (Å²) in [4.78, 5) is 4.32. The Morgan fingerprint density at radius 2 is 2.00 bits per heavy atom. The molecule has 0 saturated carbocycles. The largest absolute Gasteiger partial charge is 0.397 e. The quantitative estimate of drug-likeness (QED) is 0.856. The van der Waals surface area contributed by atoms with Crippen molar-refractivity contribution in [3.05, 3.63) is 46.6 Å². The van der Waals surface area contributed by atoms with Gasteiger partial charge in [0.25, 0.3) is 0 Å². The van der Waals surface area contributed by atoms with Crippen molar-refractivity contribution in [3.8, 4) is 11.3 Å². The molecule has 0 spiro atoms. The maximum atomic E-state index is 5.70. The Balaban J connectivity index is 2.55. The Hall–Kier alpha value is -1.35. The fraction of sp³-hybridized carbons (Fsp3) is 0.0833. The maximum absolute atomic E-state index is 5.70. The lowest BCUT2D eigenvalue weighted by Crippen LogP contribution is -1.91. The molecule has 2 nitrogen and oxygen atoms in total. The monoisotopic (exact) mass is 262 g/mol. The molecule has 0 aliphatic heterocycles. The number of nitrogens with two attached hydrogens (primary N) is 1. The van der Waals surface area contributed by atoms with E-state index < -0.39 is 0 Å². The molecule has 0 atom stereocenters. The number of anilines is 1. The highest BCUT2D eigenvalue weighted by Crippen LogP contribution is 2.26. The van der Waals surface area contributed by atoms with Gasteiger partial charge in [0, 0.05) is 10.0 Å². The van der Waals surface area contributed by atoms with Crippen molar-refractivity contribution in [2.75, 3.05) is 5.73 Å². The molecule has 0 aliphatic carbocycles. The summed E-state index contributed by atoms with van der Waals surface area (Å²) in [6, 6.07) is 10.1. The van der Waals surface area contributed by atoms with E-state index in [9.17, 15) is 0 Å². The molecule has 0 radical (unpaired) electrons. The van der Waals surface area contributed by atoms with Crippen LogP contribution in [0.2, 0.25) is 0 Å². The zero-order valence-corrected chi connectivity index (χ0v) is 9.95. The highest BCUT2D eigenvalue weighted by molar-refractivity contribution is 9.10. The third kappa shape index (κ3) is 2.02. The van der Waals surface area contributed by atoms with Crippen molar-refractivity contribution in [2.24, 2.45) is 0 Å². The molecule has 76 valence electrons. The summed E-state index contributed by atoms with van der Waals surface area (Å²) in [5.41, 5.74) is 9.64. The van der Waals surface area contributed by atoms with Gasteiger partial charge in [-0.2, -0.15) is 0 Å². The molecule has 0 fully saturated rings. The molecule has 1 aromatic heterocycles. The first-order valence-corrected chi connectivity index (χ1v) is 5.45. The summed E-state index contributed by atoms with van der Waals surface area (Å²) in [6.07, 6.45) is 1.67. The Bertz CT molecular complexity index is 495. The number of hydrogen-bond donors (Lipinski definition) is 1. The molecule has 3 heteroatoms. The summed E-state index contributed by atoms with van der Waals surface area (Å²) in [7, 11) is 0. The number of rotatable bonds is 1. The third-order valence-corrected chi connectivity index (χ3v) is 2.99. The van der Waals surface area contributed by atoms with Gasteiger partial charge in [-0.05, 0) is 34.5 Å². The number of pyridine rings is 1. The molecule has 1 heterocycles. The molecule has 0 bridgehead atoms. The Morgan fingerprint density at radius 1 is 1.27 bits per heavy atom. The lowest BCUT2D eigenvalue weighted by molar-refractivity contribution is 1.30. The average molecular weight is 263 g/mol. The van der Waals surface area contributed by atoms with Crippen LogP contribution in [0.25, 0.3) is 11.3 Å². The SMILES string of the molecule is Cc1ccccc1-c1cc(Br)c(N)cn1. The molecule has 15 heavy (non-hydrogen) atoms. The molecule has 1 aromatic carbocycles. The highest BCUT2D eigenvalue weighted by atomic mass is 79.9. The van der Waals surface area contributed by atoms with Crippen molar-refractivity contribution in [1.82, 2.24) is 4.98 Å². The van der Waals surface area contributed by atoms with Crippen LogP contribution in [0.3, 0.4) is 0 Å². The fourth-order valence-electron chi connectivity index (χ4n) is 1.45. The first-order valence-electron chi connectivity index (χ1n) is 4.65. The predicted octanol–water partition coefficient (Wildman–Crippen LogP) is 3.40. The standard InChI is InChI=1S/C12H11BrN2/c1-8-4-2-3-5-9(8)12-6-10(13)11(14)7-15-12/h2-7H,14H2,1H3. The van der Waals surface area contributed by atoms with Crippen LogP contribution in [0.4, 0.5) is 5.69 Å². The lowest BCUT2D eigenvalue weighted by Gasteiger charge is -2.06. The van der Waals surface area contributed by atoms with Crippen molar-refractivity contribution < 1.29 is 0 Å². The summed E-state index contributed by atoms with van der Waals surface area (Å²) < 4.78 is 0.885. The molecule has 0 aliphatic rings. The molecular weight excluding hydrogens is 252 g/mol. The van der Waals surface area contributed by atoms with Gasteiger partial charge in [0.2, 0.25) is 0 Å². The molecule has 2 rings (SSSR count). The molecule has 0 unspecified atom stereocenters. The minimum atomic E-state index is 0.660. The van der Waals surface area contributed by atoms with Gasteiger partial charge in [0.1, 0.15) is 0 Å². The van der Waals surface area contributed by atoms with E-state index in [1.165, 1.54) is 5.56 Å². The number of hydrogen-bond acceptors (Lipinski definition) is 2. The summed E-state index contributed by atoms with van der Waals surface area (Å²) >= 11 is 3.40. The first-order chi connectivity index (χ1) is 7.18. The number of benzene rings is 1. The van der Waals surface area contributed by atoms with Gasteiger partial charge in [-0.3, -0.25) is 4.98 Å². The fourth-order valence-corrected chi connectivity index (χ4v) is 1.77. The van der Waals surface area contributed by atoms with Crippen LogP contribution in [0.1, 0.15) is 5.56 Å². The molecule has 2 aromatic rings. The van der Waals surface area contributed by atoms with Crippen LogP contribution < -0.4 is 5.73 Å². The van der Waals surface area contributed by atoms with Crippen molar-refractivity contribution in [1.29, 1.82) is 0 Å². The summed E-state index contributed by atoms with van der Waals surface area (Å²) in [6.45, 7) is 2.07. The van der Waals surface area contributed by atoms with E-state index in [4.69, 9.17) is 5.73 Å². The van der Waals surface area contributed by atoms with Crippen LogP contribution in [-0.2, 0) is 0 Å². The normalized spacial score (nSPS) is 10.3. The van der Waals surface area contributed by atoms with Crippen molar-refractivity contribution >= 4 is 21.6 Å². The molecule has 2 N–H and O–H groups in total. The van der Waals surface area contributed by atoms with Gasteiger partial charge in [0.15, 0.2) is 0 Å². The van der Waals surface area contributed by atoms with Gasteiger partial charge < -0.3 is 5.73 Å². The minimum absolute atomic E-state index is 0.660. The van der Waals surface area contributed by atoms with Crippen LogP contribution in [0.5, 0.6) is 0 Å². The van der Waals surface area contributed by atoms with E-state index >= 15 is 0 Å². The summed E-state index contributed by atoms with van der Waals surface area (Å²) in [5.74, 6) is 0. The van der Waals surface area contributed by atoms with Gasteiger partial charge >= 0.3 is 0 Å². The number of nitrogens with zero attached hydrogens (tertiary/aromatic N) is 1. The van der Waals surface area contributed by atoms with Gasteiger partial charge in [-0.1, -0.05) is 24.3 Å². The summed E-state index contributed by atoms with van der Waals surface area (Å²) in [5, 5.41) is 0. The number of aryl methyl sites for hydroxylation is 1. The number of halogens is 1. The Labute approximate surface area is 97.3 Å². The van der Waals surface area contributed by atoms with Crippen LogP contribution in [-0.4, -0.2) is 4.98 Å². The second-order valence-corrected chi connectivity index (χ2v) is 4.26. The zero-order valence-electron chi connectivity index (χ0n) is 8.37. The predicted molar refractivity (Wildman–Crippen MR) is 66.5 cm³/mol. The van der Waals surface area contributed by atoms with E-state index in [1.54, 1.807) is 6.20 Å². The maximum Gasteiger partial charge on any atom is 0.0717 e. The lowest BCUT2D eigenvalue weighted by atomic mass is 10.1.